The minimum Gasteiger partial charge on any atom is -0.496 e. The normalized spacial score (nSPS) is 10.7. The molecule has 3 rings (SSSR count). The molecule has 1 N–H and O–H groups in total. The lowest BCUT2D eigenvalue weighted by Crippen LogP contribution is -1.97. The summed E-state index contributed by atoms with van der Waals surface area (Å²) < 4.78 is 5.42. The zero-order chi connectivity index (χ0) is 18.5. The Kier molecular flexibility index (Phi) is 5.78. The van der Waals surface area contributed by atoms with Gasteiger partial charge in [-0.25, -0.2) is 4.98 Å². The van der Waals surface area contributed by atoms with Gasteiger partial charge < -0.3 is 9.72 Å². The number of carbonyl (C=O) groups is 1. The summed E-state index contributed by atoms with van der Waals surface area (Å²) >= 11 is 1.61. The molecule has 0 fully saturated rings. The highest BCUT2D eigenvalue weighted by molar-refractivity contribution is 7.98. The van der Waals surface area contributed by atoms with E-state index in [2.05, 4.69) is 17.1 Å². The molecule has 1 heterocycles. The summed E-state index contributed by atoms with van der Waals surface area (Å²) in [5, 5.41) is 0.878. The third kappa shape index (κ3) is 4.35. The second kappa shape index (κ2) is 8.23. The lowest BCUT2D eigenvalue weighted by Gasteiger charge is -2.09. The zero-order valence-electron chi connectivity index (χ0n) is 15.2. The summed E-state index contributed by atoms with van der Waals surface area (Å²) in [6, 6.07) is 15.9. The topological polar surface area (TPSA) is 55.0 Å². The van der Waals surface area contributed by atoms with Crippen molar-refractivity contribution in [2.45, 2.75) is 31.2 Å². The minimum absolute atomic E-state index is 0.0536. The molecule has 0 amide bonds. The smallest absolute Gasteiger partial charge is 0.166 e. The quantitative estimate of drug-likeness (QED) is 0.481. The van der Waals surface area contributed by atoms with Gasteiger partial charge in [-0.2, -0.15) is 0 Å². The van der Waals surface area contributed by atoms with E-state index in [-0.39, 0.29) is 5.78 Å². The van der Waals surface area contributed by atoms with E-state index >= 15 is 0 Å². The van der Waals surface area contributed by atoms with Crippen LogP contribution in [0.4, 0.5) is 0 Å². The Morgan fingerprint density at radius 1 is 1.19 bits per heavy atom. The van der Waals surface area contributed by atoms with E-state index in [4.69, 9.17) is 9.72 Å². The molecule has 3 aromatic rings. The molecular weight excluding hydrogens is 344 g/mol. The molecular formula is C21H22N2O2S. The van der Waals surface area contributed by atoms with Crippen molar-refractivity contribution in [2.75, 3.05) is 7.11 Å². The second-order valence-electron chi connectivity index (χ2n) is 6.15. The molecule has 0 bridgehead atoms. The van der Waals surface area contributed by atoms with Crippen LogP contribution in [0.1, 0.15) is 39.8 Å². The number of nitrogens with zero attached hydrogens (tertiary/aromatic N) is 1. The first-order valence-electron chi connectivity index (χ1n) is 8.47. The number of ether oxygens (including phenoxy) is 1. The van der Waals surface area contributed by atoms with Crippen LogP contribution >= 0.6 is 11.8 Å². The van der Waals surface area contributed by atoms with Crippen LogP contribution in [0.5, 0.6) is 5.75 Å². The van der Waals surface area contributed by atoms with Gasteiger partial charge in [0.25, 0.3) is 0 Å². The van der Waals surface area contributed by atoms with Crippen molar-refractivity contribution in [1.29, 1.82) is 0 Å². The van der Waals surface area contributed by atoms with E-state index in [0.29, 0.717) is 11.3 Å². The van der Waals surface area contributed by atoms with Crippen LogP contribution in [0.2, 0.25) is 0 Å². The van der Waals surface area contributed by atoms with E-state index in [0.717, 1.165) is 34.3 Å². The minimum atomic E-state index is 0.0536. The molecule has 134 valence electrons. The number of hydrogen-bond donors (Lipinski definition) is 1. The first-order valence-corrected chi connectivity index (χ1v) is 9.45. The van der Waals surface area contributed by atoms with Gasteiger partial charge in [0.05, 0.1) is 12.8 Å². The first kappa shape index (κ1) is 18.3. The van der Waals surface area contributed by atoms with Crippen LogP contribution in [-0.4, -0.2) is 22.9 Å². The third-order valence-corrected chi connectivity index (χ3v) is 5.15. The Labute approximate surface area is 158 Å². The molecule has 0 saturated carbocycles. The highest BCUT2D eigenvalue weighted by Crippen LogP contribution is 2.28. The number of ketones is 1. The number of aromatic amines is 1. The molecule has 0 aliphatic rings. The molecule has 0 aliphatic heterocycles. The summed E-state index contributed by atoms with van der Waals surface area (Å²) in [5.74, 6) is 1.52. The summed E-state index contributed by atoms with van der Waals surface area (Å²) in [6.07, 6.45) is 0.812. The van der Waals surface area contributed by atoms with Gasteiger partial charge >= 0.3 is 0 Å². The van der Waals surface area contributed by atoms with Crippen molar-refractivity contribution in [3.8, 4) is 5.75 Å². The molecule has 0 radical (unpaired) electrons. The fourth-order valence-corrected chi connectivity index (χ4v) is 3.67. The van der Waals surface area contributed by atoms with Gasteiger partial charge in [-0.05, 0) is 37.6 Å². The van der Waals surface area contributed by atoms with E-state index in [9.17, 15) is 4.79 Å². The summed E-state index contributed by atoms with van der Waals surface area (Å²) in [4.78, 5) is 19.7. The molecule has 1 aromatic heterocycles. The molecule has 2 aromatic carbocycles. The van der Waals surface area contributed by atoms with Crippen molar-refractivity contribution in [1.82, 2.24) is 9.97 Å². The molecule has 0 atom stereocenters. The number of nitrogens with one attached hydrogen (secondary N) is 1. The Morgan fingerprint density at radius 2 is 1.96 bits per heavy atom. The largest absolute Gasteiger partial charge is 0.496 e. The maximum Gasteiger partial charge on any atom is 0.166 e. The Morgan fingerprint density at radius 3 is 2.65 bits per heavy atom. The van der Waals surface area contributed by atoms with Crippen molar-refractivity contribution in [3.05, 3.63) is 76.6 Å². The number of carbonyl (C=O) groups excluding carboxylic acids is 1. The summed E-state index contributed by atoms with van der Waals surface area (Å²) in [6.45, 7) is 3.62. The number of aromatic nitrogens is 2. The van der Waals surface area contributed by atoms with Crippen LogP contribution in [0.3, 0.4) is 0 Å². The second-order valence-corrected chi connectivity index (χ2v) is 7.11. The number of Topliss-reactive ketones (excluding diaryl/α,β-unsaturated/α-hetero) is 1. The number of H-pyrrole nitrogens is 1. The Hall–Kier alpha value is -2.53. The highest BCUT2D eigenvalue weighted by Gasteiger charge is 2.11. The number of methoxy groups -OCH3 is 1. The van der Waals surface area contributed by atoms with Crippen molar-refractivity contribution >= 4 is 17.5 Å². The van der Waals surface area contributed by atoms with Crippen LogP contribution < -0.4 is 4.74 Å². The number of imidazole rings is 1. The Balaban J connectivity index is 1.73. The lowest BCUT2D eigenvalue weighted by atomic mass is 10.1. The number of hydrogen-bond acceptors (Lipinski definition) is 4. The predicted molar refractivity (Wildman–Crippen MR) is 105 cm³/mol. The fraction of sp³-hybridized carbons (Fsp3) is 0.238. The zero-order valence-corrected chi connectivity index (χ0v) is 16.0. The average molecular weight is 366 g/mol. The standard InChI is InChI=1S/C21H22N2O2S/c1-14-19(11-16-7-5-4-6-8-16)23-21(22-14)26-13-18-12-17(15(2)24)9-10-20(18)25-3/h4-10,12H,11,13H2,1-3H3,(H,22,23). The van der Waals surface area contributed by atoms with Crippen LogP contribution in [-0.2, 0) is 12.2 Å². The predicted octanol–water partition coefficient (Wildman–Crippen LogP) is 4.81. The third-order valence-electron chi connectivity index (χ3n) is 4.23. The molecule has 0 saturated heterocycles. The molecule has 0 spiro atoms. The highest BCUT2D eigenvalue weighted by atomic mass is 32.2. The van der Waals surface area contributed by atoms with Crippen LogP contribution in [0, 0.1) is 6.92 Å². The van der Waals surface area contributed by atoms with E-state index in [1.165, 1.54) is 5.56 Å². The molecule has 0 aliphatic carbocycles. The van der Waals surface area contributed by atoms with Crippen LogP contribution in [0.15, 0.2) is 53.7 Å². The number of aryl methyl sites for hydroxylation is 1. The van der Waals surface area contributed by atoms with Crippen molar-refractivity contribution in [3.63, 3.8) is 0 Å². The van der Waals surface area contributed by atoms with Gasteiger partial charge in [-0.1, -0.05) is 42.1 Å². The van der Waals surface area contributed by atoms with Crippen molar-refractivity contribution < 1.29 is 9.53 Å². The van der Waals surface area contributed by atoms with Gasteiger partial charge in [0.1, 0.15) is 5.75 Å². The maximum absolute atomic E-state index is 11.6. The van der Waals surface area contributed by atoms with Gasteiger partial charge in [0.2, 0.25) is 0 Å². The maximum atomic E-state index is 11.6. The first-order chi connectivity index (χ1) is 12.6. The monoisotopic (exact) mass is 366 g/mol. The van der Waals surface area contributed by atoms with Gasteiger partial charge in [-0.3, -0.25) is 4.79 Å². The molecule has 26 heavy (non-hydrogen) atoms. The van der Waals surface area contributed by atoms with E-state index in [1.54, 1.807) is 31.9 Å². The average Bonchev–Trinajstić information content (AvgIpc) is 3.00. The van der Waals surface area contributed by atoms with Gasteiger partial charge in [0.15, 0.2) is 10.9 Å². The van der Waals surface area contributed by atoms with E-state index in [1.807, 2.05) is 37.3 Å². The number of thioether (sulfide) groups is 1. The molecule has 4 nitrogen and oxygen atoms in total. The molecule has 5 heteroatoms. The van der Waals surface area contributed by atoms with Crippen LogP contribution in [0.25, 0.3) is 0 Å². The number of benzene rings is 2. The molecule has 0 unspecified atom stereocenters. The van der Waals surface area contributed by atoms with Gasteiger partial charge in [-0.15, -0.1) is 0 Å². The lowest BCUT2D eigenvalue weighted by molar-refractivity contribution is 0.101. The van der Waals surface area contributed by atoms with Gasteiger partial charge in [0, 0.05) is 29.0 Å². The summed E-state index contributed by atoms with van der Waals surface area (Å²) in [7, 11) is 1.64. The SMILES string of the molecule is COc1ccc(C(C)=O)cc1CSc1nc(Cc2ccccc2)c(C)[nH]1. The van der Waals surface area contributed by atoms with E-state index < -0.39 is 0 Å². The fourth-order valence-electron chi connectivity index (χ4n) is 2.75. The number of rotatable bonds is 7. The summed E-state index contributed by atoms with van der Waals surface area (Å²) in [5.41, 5.74) is 5.07. The Bertz CT molecular complexity index is 904. The van der Waals surface area contributed by atoms with Crippen molar-refractivity contribution in [2.24, 2.45) is 0 Å².